The minimum absolute atomic E-state index is 0.832. The third kappa shape index (κ3) is 4.75. The summed E-state index contributed by atoms with van der Waals surface area (Å²) >= 11 is 0. The molecule has 0 atom stereocenters. The highest BCUT2D eigenvalue weighted by Crippen LogP contribution is 2.22. The Morgan fingerprint density at radius 3 is 3.05 bits per heavy atom. The molecule has 3 nitrogen and oxygen atoms in total. The predicted octanol–water partition coefficient (Wildman–Crippen LogP) is 3.06. The molecule has 0 spiro atoms. The Balaban J connectivity index is 1.90. The molecule has 0 aliphatic carbocycles. The molecule has 19 heavy (non-hydrogen) atoms. The van der Waals surface area contributed by atoms with Crippen molar-refractivity contribution >= 4 is 5.69 Å². The lowest BCUT2D eigenvalue weighted by molar-refractivity contribution is 0.306. The molecule has 1 saturated heterocycles. The number of ether oxygens (including phenoxy) is 1. The number of anilines is 1. The van der Waals surface area contributed by atoms with Crippen molar-refractivity contribution in [2.45, 2.75) is 32.6 Å². The first kappa shape index (κ1) is 14.2. The SMILES string of the molecule is CCCCCOc1cccc(N2CCCNCC2)c1. The first-order chi connectivity index (χ1) is 9.40. The molecule has 0 unspecified atom stereocenters. The molecule has 0 saturated carbocycles. The maximum Gasteiger partial charge on any atom is 0.121 e. The van der Waals surface area contributed by atoms with Gasteiger partial charge in [-0.2, -0.15) is 0 Å². The molecule has 1 N–H and O–H groups in total. The quantitative estimate of drug-likeness (QED) is 0.797. The number of hydrogen-bond donors (Lipinski definition) is 1. The van der Waals surface area contributed by atoms with Crippen LogP contribution in [0.1, 0.15) is 32.6 Å². The molecule has 0 bridgehead atoms. The van der Waals surface area contributed by atoms with E-state index in [4.69, 9.17) is 4.74 Å². The fourth-order valence-corrected chi connectivity index (χ4v) is 2.42. The summed E-state index contributed by atoms with van der Waals surface area (Å²) in [5, 5.41) is 3.44. The lowest BCUT2D eigenvalue weighted by Crippen LogP contribution is -2.27. The Bertz CT molecular complexity index is 360. The second kappa shape index (κ2) is 8.05. The Labute approximate surface area is 116 Å². The summed E-state index contributed by atoms with van der Waals surface area (Å²) in [5.74, 6) is 1.01. The molecule has 0 radical (unpaired) electrons. The highest BCUT2D eigenvalue weighted by molar-refractivity contribution is 5.50. The summed E-state index contributed by atoms with van der Waals surface area (Å²) < 4.78 is 5.83. The van der Waals surface area contributed by atoms with E-state index < -0.39 is 0 Å². The van der Waals surface area contributed by atoms with Crippen LogP contribution in [0.2, 0.25) is 0 Å². The smallest absolute Gasteiger partial charge is 0.121 e. The van der Waals surface area contributed by atoms with Gasteiger partial charge in [0.1, 0.15) is 5.75 Å². The average Bonchev–Trinajstić information content (AvgIpc) is 2.73. The summed E-state index contributed by atoms with van der Waals surface area (Å²) in [7, 11) is 0. The number of nitrogens with one attached hydrogen (secondary N) is 1. The van der Waals surface area contributed by atoms with Crippen molar-refractivity contribution in [3.8, 4) is 5.75 Å². The van der Waals surface area contributed by atoms with Gasteiger partial charge in [-0.05, 0) is 31.5 Å². The van der Waals surface area contributed by atoms with Crippen molar-refractivity contribution in [1.29, 1.82) is 0 Å². The molecule has 1 aliphatic rings. The largest absolute Gasteiger partial charge is 0.494 e. The molecule has 0 aromatic heterocycles. The van der Waals surface area contributed by atoms with E-state index in [1.165, 1.54) is 24.9 Å². The van der Waals surface area contributed by atoms with Crippen molar-refractivity contribution in [3.05, 3.63) is 24.3 Å². The molecule has 3 heteroatoms. The van der Waals surface area contributed by atoms with Crippen LogP contribution >= 0.6 is 0 Å². The van der Waals surface area contributed by atoms with Crippen LogP contribution in [0.15, 0.2) is 24.3 Å². The first-order valence-corrected chi connectivity index (χ1v) is 7.58. The Morgan fingerprint density at radius 1 is 1.21 bits per heavy atom. The molecule has 106 valence electrons. The summed E-state index contributed by atoms with van der Waals surface area (Å²) in [4.78, 5) is 2.44. The average molecular weight is 262 g/mol. The highest BCUT2D eigenvalue weighted by atomic mass is 16.5. The minimum atomic E-state index is 0.832. The lowest BCUT2D eigenvalue weighted by Gasteiger charge is -2.22. The van der Waals surface area contributed by atoms with E-state index in [1.807, 2.05) is 0 Å². The Hall–Kier alpha value is -1.22. The summed E-state index contributed by atoms with van der Waals surface area (Å²) in [5.41, 5.74) is 1.29. The van der Waals surface area contributed by atoms with Gasteiger partial charge in [0.25, 0.3) is 0 Å². The van der Waals surface area contributed by atoms with E-state index in [0.29, 0.717) is 0 Å². The van der Waals surface area contributed by atoms with Gasteiger partial charge in [-0.25, -0.2) is 0 Å². The van der Waals surface area contributed by atoms with Crippen molar-refractivity contribution < 1.29 is 4.74 Å². The van der Waals surface area contributed by atoms with Crippen LogP contribution in [-0.2, 0) is 0 Å². The van der Waals surface area contributed by atoms with E-state index in [1.54, 1.807) is 0 Å². The van der Waals surface area contributed by atoms with Gasteiger partial charge in [0.05, 0.1) is 6.61 Å². The Kier molecular flexibility index (Phi) is 6.02. The summed E-state index contributed by atoms with van der Waals surface area (Å²) in [6.45, 7) is 7.46. The highest BCUT2D eigenvalue weighted by Gasteiger charge is 2.09. The van der Waals surface area contributed by atoms with E-state index >= 15 is 0 Å². The standard InChI is InChI=1S/C16H26N2O/c1-2-3-4-13-19-16-8-5-7-15(14-16)18-11-6-9-17-10-12-18/h5,7-8,14,17H,2-4,6,9-13H2,1H3. The molecule has 1 aromatic carbocycles. The maximum atomic E-state index is 5.83. The number of benzene rings is 1. The van der Waals surface area contributed by atoms with Gasteiger partial charge in [0.2, 0.25) is 0 Å². The van der Waals surface area contributed by atoms with E-state index in [0.717, 1.165) is 45.0 Å². The Morgan fingerprint density at radius 2 is 2.16 bits per heavy atom. The normalized spacial score (nSPS) is 16.2. The van der Waals surface area contributed by atoms with Crippen LogP contribution in [0.3, 0.4) is 0 Å². The van der Waals surface area contributed by atoms with Gasteiger partial charge in [-0.1, -0.05) is 25.8 Å². The zero-order chi connectivity index (χ0) is 13.3. The van der Waals surface area contributed by atoms with Gasteiger partial charge in [0, 0.05) is 31.4 Å². The van der Waals surface area contributed by atoms with Crippen LogP contribution in [-0.4, -0.2) is 32.8 Å². The molecule has 2 rings (SSSR count). The zero-order valence-electron chi connectivity index (χ0n) is 12.0. The van der Waals surface area contributed by atoms with E-state index in [9.17, 15) is 0 Å². The molecular weight excluding hydrogens is 236 g/mol. The van der Waals surface area contributed by atoms with Crippen molar-refractivity contribution in [3.63, 3.8) is 0 Å². The van der Waals surface area contributed by atoms with Crippen LogP contribution in [0.25, 0.3) is 0 Å². The van der Waals surface area contributed by atoms with Crippen LogP contribution < -0.4 is 15.0 Å². The topological polar surface area (TPSA) is 24.5 Å². The zero-order valence-corrected chi connectivity index (χ0v) is 12.0. The maximum absolute atomic E-state index is 5.83. The van der Waals surface area contributed by atoms with Gasteiger partial charge in [0.15, 0.2) is 0 Å². The number of nitrogens with zero attached hydrogens (tertiary/aromatic N) is 1. The summed E-state index contributed by atoms with van der Waals surface area (Å²) in [6.07, 6.45) is 4.84. The fourth-order valence-electron chi connectivity index (χ4n) is 2.42. The van der Waals surface area contributed by atoms with Crippen molar-refractivity contribution in [2.75, 3.05) is 37.7 Å². The van der Waals surface area contributed by atoms with Gasteiger partial charge >= 0.3 is 0 Å². The van der Waals surface area contributed by atoms with Crippen molar-refractivity contribution in [2.24, 2.45) is 0 Å². The van der Waals surface area contributed by atoms with Gasteiger partial charge in [-0.3, -0.25) is 0 Å². The first-order valence-electron chi connectivity index (χ1n) is 7.58. The third-order valence-corrected chi connectivity index (χ3v) is 3.54. The number of rotatable bonds is 6. The molecule has 1 fully saturated rings. The molecule has 1 heterocycles. The van der Waals surface area contributed by atoms with Gasteiger partial charge < -0.3 is 15.0 Å². The second-order valence-electron chi connectivity index (χ2n) is 5.14. The van der Waals surface area contributed by atoms with Crippen LogP contribution in [0.5, 0.6) is 5.75 Å². The van der Waals surface area contributed by atoms with Crippen LogP contribution in [0, 0.1) is 0 Å². The number of hydrogen-bond acceptors (Lipinski definition) is 3. The van der Waals surface area contributed by atoms with Gasteiger partial charge in [-0.15, -0.1) is 0 Å². The molecular formula is C16H26N2O. The van der Waals surface area contributed by atoms with Crippen LogP contribution in [0.4, 0.5) is 5.69 Å². The third-order valence-electron chi connectivity index (χ3n) is 3.54. The minimum Gasteiger partial charge on any atom is -0.494 e. The van der Waals surface area contributed by atoms with Crippen molar-refractivity contribution in [1.82, 2.24) is 5.32 Å². The monoisotopic (exact) mass is 262 g/mol. The lowest BCUT2D eigenvalue weighted by atomic mass is 10.2. The van der Waals surface area contributed by atoms with E-state index in [2.05, 4.69) is 41.4 Å². The molecule has 1 aromatic rings. The molecule has 1 aliphatic heterocycles. The van der Waals surface area contributed by atoms with E-state index in [-0.39, 0.29) is 0 Å². The molecule has 0 amide bonds. The number of unbranched alkanes of at least 4 members (excludes halogenated alkanes) is 2. The predicted molar refractivity (Wildman–Crippen MR) is 81.2 cm³/mol. The summed E-state index contributed by atoms with van der Waals surface area (Å²) in [6, 6.07) is 8.52. The fraction of sp³-hybridized carbons (Fsp3) is 0.625. The second-order valence-corrected chi connectivity index (χ2v) is 5.14.